The molecule has 0 aromatic carbocycles. The second-order valence-electron chi connectivity index (χ2n) is 15.2. The molecule has 0 aliphatic carbocycles. The van der Waals surface area contributed by atoms with E-state index in [0.29, 0.717) is 11.0 Å². The van der Waals surface area contributed by atoms with Crippen molar-refractivity contribution in [3.63, 3.8) is 0 Å². The molecule has 0 aliphatic rings. The number of ether oxygens (including phenoxy) is 1. The lowest BCUT2D eigenvalue weighted by atomic mass is 10.1. The zero-order chi connectivity index (χ0) is 43.4. The van der Waals surface area contributed by atoms with E-state index in [-0.39, 0.29) is 19.6 Å². The molecule has 0 amide bonds. The average Bonchev–Trinajstić information content (AvgIpc) is 3.19. The van der Waals surface area contributed by atoms with Crippen molar-refractivity contribution in [1.29, 1.82) is 0 Å². The zero-order valence-electron chi connectivity index (χ0n) is 37.2. The number of aliphatic hydroxyl groups is 1. The van der Waals surface area contributed by atoms with Crippen LogP contribution < -0.4 is 0 Å². The van der Waals surface area contributed by atoms with E-state index >= 15 is 0 Å². The molecule has 0 heterocycles. The van der Waals surface area contributed by atoms with Crippen LogP contribution in [0.25, 0.3) is 0 Å². The van der Waals surface area contributed by atoms with Crippen molar-refractivity contribution >= 4 is 13.8 Å². The highest BCUT2D eigenvalue weighted by atomic mass is 31.2. The monoisotopic (exact) mass is 839 g/mol. The molecular weight excluding hydrogens is 758 g/mol. The standard InChI is InChI=1S/C50H80NO7P/c1-5-6-7-8-9-10-11-12-13-14-15-16-17-18-19-20-21-22-23-24-25-26-27-28-29-30-31-32-33-34-35-36-37-38-39-40-41-42-43-44-50(53)56-47-49(52)48-58-59(54,55)57-46-45-51(2,3)4/h6-7,9-10,12-13,15-16,18-19,21-22,24-25,27-28,30-31,33-34,36-37,49,52H,5,8,11,14,17,20,23,26,29,32,35,38-48H2,1-4H3/p+1/b7-6-,10-9-,13-12-,16-15-,19-18-,22-21-,25-24-,28-27-,31-30-,34-33-,37-36-. The number of hydrogen-bond acceptors (Lipinski definition) is 6. The largest absolute Gasteiger partial charge is 0.472 e. The van der Waals surface area contributed by atoms with Gasteiger partial charge in [-0.2, -0.15) is 0 Å². The molecule has 0 spiro atoms. The first-order valence-corrected chi connectivity index (χ1v) is 23.5. The fourth-order valence-corrected chi connectivity index (χ4v) is 5.76. The van der Waals surface area contributed by atoms with Gasteiger partial charge in [0.05, 0.1) is 27.7 Å². The van der Waals surface area contributed by atoms with Gasteiger partial charge in [0.25, 0.3) is 0 Å². The molecular formula is C50H81NO7P+. The van der Waals surface area contributed by atoms with Gasteiger partial charge in [-0.15, -0.1) is 0 Å². The maximum absolute atomic E-state index is 11.9. The van der Waals surface area contributed by atoms with Gasteiger partial charge in [-0.3, -0.25) is 13.8 Å². The normalized spacial score (nSPS) is 15.0. The van der Waals surface area contributed by atoms with Crippen LogP contribution in [0.3, 0.4) is 0 Å². The van der Waals surface area contributed by atoms with Gasteiger partial charge < -0.3 is 19.2 Å². The van der Waals surface area contributed by atoms with Crippen LogP contribution in [-0.4, -0.2) is 74.1 Å². The summed E-state index contributed by atoms with van der Waals surface area (Å²) in [4.78, 5) is 21.6. The van der Waals surface area contributed by atoms with Crippen LogP contribution in [0.5, 0.6) is 0 Å². The average molecular weight is 839 g/mol. The fourth-order valence-electron chi connectivity index (χ4n) is 5.01. The number of phosphoric ester groups is 1. The first-order chi connectivity index (χ1) is 28.6. The number of rotatable bonds is 38. The summed E-state index contributed by atoms with van der Waals surface area (Å²) in [5, 5.41) is 9.91. The van der Waals surface area contributed by atoms with Crippen molar-refractivity contribution in [3.05, 3.63) is 134 Å². The maximum Gasteiger partial charge on any atom is 0.472 e. The van der Waals surface area contributed by atoms with Crippen LogP contribution >= 0.6 is 7.82 Å². The first-order valence-electron chi connectivity index (χ1n) is 22.0. The van der Waals surface area contributed by atoms with Crippen molar-refractivity contribution in [2.45, 2.75) is 129 Å². The van der Waals surface area contributed by atoms with Crippen molar-refractivity contribution in [2.24, 2.45) is 0 Å². The fraction of sp³-hybridized carbons (Fsp3) is 0.540. The second-order valence-corrected chi connectivity index (χ2v) is 16.7. The Morgan fingerprint density at radius 3 is 1.27 bits per heavy atom. The predicted molar refractivity (Wildman–Crippen MR) is 251 cm³/mol. The Morgan fingerprint density at radius 2 is 0.881 bits per heavy atom. The van der Waals surface area contributed by atoms with Crippen LogP contribution in [-0.2, 0) is 23.1 Å². The van der Waals surface area contributed by atoms with Crippen molar-refractivity contribution in [1.82, 2.24) is 0 Å². The number of likely N-dealkylation sites (N-methyl/N-ethyl adjacent to an activating group) is 1. The molecule has 0 aromatic heterocycles. The summed E-state index contributed by atoms with van der Waals surface area (Å²) >= 11 is 0. The first kappa shape index (κ1) is 55.6. The van der Waals surface area contributed by atoms with E-state index in [1.807, 2.05) is 21.1 Å². The van der Waals surface area contributed by atoms with E-state index in [4.69, 9.17) is 13.8 Å². The van der Waals surface area contributed by atoms with Crippen LogP contribution in [0.4, 0.5) is 0 Å². The molecule has 0 bridgehead atoms. The number of carbonyl (C=O) groups is 1. The quantitative estimate of drug-likeness (QED) is 0.0210. The number of quaternary nitrogens is 1. The van der Waals surface area contributed by atoms with Gasteiger partial charge in [0.1, 0.15) is 25.9 Å². The third kappa shape index (κ3) is 47.2. The molecule has 2 unspecified atom stereocenters. The Balaban J connectivity index is 3.66. The minimum atomic E-state index is -4.27. The van der Waals surface area contributed by atoms with E-state index in [2.05, 4.69) is 141 Å². The summed E-state index contributed by atoms with van der Waals surface area (Å²) in [7, 11) is 1.53. The molecule has 9 heteroatoms. The van der Waals surface area contributed by atoms with Gasteiger partial charge >= 0.3 is 13.8 Å². The third-order valence-corrected chi connectivity index (χ3v) is 9.41. The van der Waals surface area contributed by atoms with Gasteiger partial charge in [0.15, 0.2) is 0 Å². The van der Waals surface area contributed by atoms with Crippen molar-refractivity contribution in [2.75, 3.05) is 47.5 Å². The van der Waals surface area contributed by atoms with Crippen molar-refractivity contribution < 1.29 is 37.6 Å². The third-order valence-electron chi connectivity index (χ3n) is 8.43. The summed E-state index contributed by atoms with van der Waals surface area (Å²) in [6, 6.07) is 0. The van der Waals surface area contributed by atoms with E-state index in [0.717, 1.165) is 109 Å². The number of aliphatic hydroxyl groups excluding tert-OH is 1. The Hall–Kier alpha value is -3.36. The molecule has 0 saturated carbocycles. The maximum atomic E-state index is 11.9. The molecule has 332 valence electrons. The van der Waals surface area contributed by atoms with Crippen molar-refractivity contribution in [3.8, 4) is 0 Å². The molecule has 59 heavy (non-hydrogen) atoms. The second kappa shape index (κ2) is 41.4. The highest BCUT2D eigenvalue weighted by Crippen LogP contribution is 2.43. The highest BCUT2D eigenvalue weighted by Gasteiger charge is 2.24. The molecule has 2 atom stereocenters. The minimum absolute atomic E-state index is 0.0437. The van der Waals surface area contributed by atoms with Crippen LogP contribution in [0, 0.1) is 0 Å². The Labute approximate surface area is 360 Å². The van der Waals surface area contributed by atoms with Gasteiger partial charge in [-0.1, -0.05) is 160 Å². The summed E-state index contributed by atoms with van der Waals surface area (Å²) in [6.07, 6.45) is 64.9. The molecule has 8 nitrogen and oxygen atoms in total. The molecule has 0 aromatic rings. The lowest BCUT2D eigenvalue weighted by Crippen LogP contribution is -2.37. The smallest absolute Gasteiger partial charge is 0.463 e. The number of unbranched alkanes of at least 4 members (excludes halogenated alkanes) is 5. The Bertz CT molecular complexity index is 1390. The van der Waals surface area contributed by atoms with Crippen LogP contribution in [0.1, 0.15) is 122 Å². The molecule has 0 fully saturated rings. The number of esters is 1. The predicted octanol–water partition coefficient (Wildman–Crippen LogP) is 12.9. The number of nitrogens with zero attached hydrogens (tertiary/aromatic N) is 1. The van der Waals surface area contributed by atoms with Gasteiger partial charge in [0.2, 0.25) is 0 Å². The molecule has 0 saturated heterocycles. The Morgan fingerprint density at radius 1 is 0.525 bits per heavy atom. The van der Waals surface area contributed by atoms with Crippen LogP contribution in [0.2, 0.25) is 0 Å². The number of hydrogen-bond donors (Lipinski definition) is 2. The number of carbonyl (C=O) groups excluding carboxylic acids is 1. The van der Waals surface area contributed by atoms with Crippen LogP contribution in [0.15, 0.2) is 134 Å². The molecule has 0 radical (unpaired) electrons. The van der Waals surface area contributed by atoms with Gasteiger partial charge in [-0.05, 0) is 89.9 Å². The van der Waals surface area contributed by atoms with E-state index in [9.17, 15) is 19.4 Å². The summed E-state index contributed by atoms with van der Waals surface area (Å²) in [5.41, 5.74) is 0. The summed E-state index contributed by atoms with van der Waals surface area (Å²) in [6.45, 7) is 1.97. The van der Waals surface area contributed by atoms with Gasteiger partial charge in [-0.25, -0.2) is 4.57 Å². The lowest BCUT2D eigenvalue weighted by molar-refractivity contribution is -0.870. The number of phosphoric acid groups is 1. The zero-order valence-corrected chi connectivity index (χ0v) is 38.1. The number of allylic oxidation sites excluding steroid dienone is 22. The van der Waals surface area contributed by atoms with Gasteiger partial charge in [0, 0.05) is 6.42 Å². The highest BCUT2D eigenvalue weighted by molar-refractivity contribution is 7.47. The molecule has 2 N–H and O–H groups in total. The summed E-state index contributed by atoms with van der Waals surface area (Å²) in [5.74, 6) is -0.397. The topological polar surface area (TPSA) is 102 Å². The van der Waals surface area contributed by atoms with E-state index < -0.39 is 26.5 Å². The Kier molecular flexibility index (Phi) is 39.0. The minimum Gasteiger partial charge on any atom is -0.463 e. The summed E-state index contributed by atoms with van der Waals surface area (Å²) < 4.78 is 27.2. The van der Waals surface area contributed by atoms with E-state index in [1.54, 1.807) is 0 Å². The molecule has 0 aliphatic heterocycles. The SMILES string of the molecule is CC/C=C\C/C=C\C/C=C\C/C=C\C/C=C\C/C=C\C/C=C\C/C=C\C/C=C\C/C=C\C/C=C\CCCCCCCC(=O)OCC(O)COP(=O)(O)OCC[N+](C)(C)C. The lowest BCUT2D eigenvalue weighted by Gasteiger charge is -2.24. The van der Waals surface area contributed by atoms with E-state index in [1.165, 1.54) is 0 Å². The molecule has 0 rings (SSSR count).